The molecule has 0 bridgehead atoms. The van der Waals surface area contributed by atoms with Gasteiger partial charge in [0.25, 0.3) is 5.56 Å². The van der Waals surface area contributed by atoms with Crippen molar-refractivity contribution in [2.24, 2.45) is 7.05 Å². The van der Waals surface area contributed by atoms with Gasteiger partial charge in [0.15, 0.2) is 9.84 Å². The molecule has 0 unspecified atom stereocenters. The Bertz CT molecular complexity index is 1450. The molecule has 0 radical (unpaired) electrons. The average Bonchev–Trinajstić information content (AvgIpc) is 2.71. The molecule has 30 heavy (non-hydrogen) atoms. The highest BCUT2D eigenvalue weighted by Crippen LogP contribution is 2.28. The van der Waals surface area contributed by atoms with Gasteiger partial charge in [-0.25, -0.2) is 13.4 Å². The SMILES string of the molecule is Cn1c(=O)c(-c2ccccc2Cl)cc2cnc(Nc3cccc(S(C)(=O)=O)c3)cc21. The van der Waals surface area contributed by atoms with Crippen molar-refractivity contribution in [3.63, 3.8) is 0 Å². The Morgan fingerprint density at radius 2 is 1.77 bits per heavy atom. The number of fused-ring (bicyclic) bond motifs is 1. The standard InChI is InChI=1S/C22H18ClN3O3S/c1-26-20-12-21(25-15-6-5-7-16(11-15)30(2,28)29)24-13-14(20)10-18(22(26)27)17-8-3-4-9-19(17)23/h3-13H,1-2H3,(H,24,25). The minimum absolute atomic E-state index is 0.174. The molecule has 0 aliphatic rings. The largest absolute Gasteiger partial charge is 0.340 e. The molecule has 0 aliphatic heterocycles. The summed E-state index contributed by atoms with van der Waals surface area (Å²) in [5.41, 5.74) is 2.27. The maximum absolute atomic E-state index is 13.0. The van der Waals surface area contributed by atoms with Gasteiger partial charge in [0.05, 0.1) is 10.4 Å². The predicted octanol–water partition coefficient (Wildman–Crippen LogP) is 4.40. The number of pyridine rings is 2. The lowest BCUT2D eigenvalue weighted by molar-refractivity contribution is 0.602. The number of hydrogen-bond donors (Lipinski definition) is 1. The quantitative estimate of drug-likeness (QED) is 0.509. The molecule has 0 spiro atoms. The highest BCUT2D eigenvalue weighted by molar-refractivity contribution is 7.90. The molecule has 8 heteroatoms. The summed E-state index contributed by atoms with van der Waals surface area (Å²) in [7, 11) is -1.62. The van der Waals surface area contributed by atoms with E-state index in [-0.39, 0.29) is 10.5 Å². The first-order valence-electron chi connectivity index (χ1n) is 9.06. The molecule has 152 valence electrons. The molecule has 2 aromatic carbocycles. The number of hydrogen-bond acceptors (Lipinski definition) is 5. The van der Waals surface area contributed by atoms with Crippen molar-refractivity contribution < 1.29 is 8.42 Å². The fourth-order valence-corrected chi connectivity index (χ4v) is 4.16. The zero-order valence-corrected chi connectivity index (χ0v) is 17.8. The van der Waals surface area contributed by atoms with Gasteiger partial charge in [0.1, 0.15) is 5.82 Å². The minimum atomic E-state index is -3.32. The zero-order chi connectivity index (χ0) is 21.5. The molecule has 6 nitrogen and oxygen atoms in total. The Labute approximate surface area is 178 Å². The van der Waals surface area contributed by atoms with Crippen LogP contribution in [0, 0.1) is 0 Å². The molecular weight excluding hydrogens is 422 g/mol. The summed E-state index contributed by atoms with van der Waals surface area (Å²) in [6, 6.07) is 17.2. The Kier molecular flexibility index (Phi) is 5.09. The lowest BCUT2D eigenvalue weighted by Gasteiger charge is -2.12. The monoisotopic (exact) mass is 439 g/mol. The zero-order valence-electron chi connectivity index (χ0n) is 16.3. The van der Waals surface area contributed by atoms with E-state index in [0.717, 1.165) is 11.6 Å². The number of halogens is 1. The molecule has 2 heterocycles. The lowest BCUT2D eigenvalue weighted by atomic mass is 10.1. The van der Waals surface area contributed by atoms with Crippen molar-refractivity contribution in [2.75, 3.05) is 11.6 Å². The van der Waals surface area contributed by atoms with Crippen LogP contribution < -0.4 is 10.9 Å². The summed E-state index contributed by atoms with van der Waals surface area (Å²) in [4.78, 5) is 17.6. The molecular formula is C22H18ClN3O3S. The molecule has 0 saturated heterocycles. The van der Waals surface area contributed by atoms with Gasteiger partial charge in [-0.1, -0.05) is 35.9 Å². The Morgan fingerprint density at radius 3 is 2.50 bits per heavy atom. The number of anilines is 2. The molecule has 4 aromatic rings. The molecule has 0 atom stereocenters. The summed E-state index contributed by atoms with van der Waals surface area (Å²) >= 11 is 6.28. The van der Waals surface area contributed by atoms with E-state index in [1.807, 2.05) is 18.2 Å². The molecule has 0 amide bonds. The summed E-state index contributed by atoms with van der Waals surface area (Å²) in [5, 5.41) is 4.38. The Morgan fingerprint density at radius 1 is 1.00 bits per heavy atom. The van der Waals surface area contributed by atoms with E-state index in [1.54, 1.807) is 54.2 Å². The number of aryl methyl sites for hydroxylation is 1. The van der Waals surface area contributed by atoms with Gasteiger partial charge < -0.3 is 9.88 Å². The van der Waals surface area contributed by atoms with E-state index in [1.165, 1.54) is 6.07 Å². The first-order valence-corrected chi connectivity index (χ1v) is 11.3. The van der Waals surface area contributed by atoms with Crippen LogP contribution in [0.15, 0.2) is 76.6 Å². The van der Waals surface area contributed by atoms with Gasteiger partial charge in [-0.3, -0.25) is 4.79 Å². The summed E-state index contributed by atoms with van der Waals surface area (Å²) in [6.07, 6.45) is 2.82. The molecule has 0 aliphatic carbocycles. The summed E-state index contributed by atoms with van der Waals surface area (Å²) < 4.78 is 25.1. The van der Waals surface area contributed by atoms with Crippen molar-refractivity contribution in [2.45, 2.75) is 4.90 Å². The van der Waals surface area contributed by atoms with Gasteiger partial charge in [0, 0.05) is 52.8 Å². The van der Waals surface area contributed by atoms with Crippen LogP contribution in [-0.4, -0.2) is 24.2 Å². The Hall–Kier alpha value is -3.16. The fourth-order valence-electron chi connectivity index (χ4n) is 3.26. The Balaban J connectivity index is 1.78. The lowest BCUT2D eigenvalue weighted by Crippen LogP contribution is -2.19. The highest BCUT2D eigenvalue weighted by Gasteiger charge is 2.13. The fraction of sp³-hybridized carbons (Fsp3) is 0.0909. The third-order valence-corrected chi connectivity index (χ3v) is 6.25. The van der Waals surface area contributed by atoms with E-state index >= 15 is 0 Å². The summed E-state index contributed by atoms with van der Waals surface area (Å²) in [6.45, 7) is 0. The highest BCUT2D eigenvalue weighted by atomic mass is 35.5. The van der Waals surface area contributed by atoms with Crippen LogP contribution in [0.3, 0.4) is 0 Å². The van der Waals surface area contributed by atoms with Crippen LogP contribution >= 0.6 is 11.6 Å². The van der Waals surface area contributed by atoms with Crippen LogP contribution in [0.5, 0.6) is 0 Å². The minimum Gasteiger partial charge on any atom is -0.340 e. The van der Waals surface area contributed by atoms with Crippen molar-refractivity contribution in [3.05, 3.63) is 82.2 Å². The number of sulfone groups is 1. The van der Waals surface area contributed by atoms with E-state index in [4.69, 9.17) is 11.6 Å². The van der Waals surface area contributed by atoms with Crippen molar-refractivity contribution in [1.82, 2.24) is 9.55 Å². The van der Waals surface area contributed by atoms with Crippen molar-refractivity contribution in [1.29, 1.82) is 0 Å². The maximum atomic E-state index is 13.0. The third-order valence-electron chi connectivity index (χ3n) is 4.81. The number of nitrogens with one attached hydrogen (secondary N) is 1. The van der Waals surface area contributed by atoms with Crippen LogP contribution in [0.2, 0.25) is 5.02 Å². The molecule has 4 rings (SSSR count). The second kappa shape index (κ2) is 7.59. The topological polar surface area (TPSA) is 81.1 Å². The maximum Gasteiger partial charge on any atom is 0.258 e. The van der Waals surface area contributed by atoms with Gasteiger partial charge in [-0.15, -0.1) is 0 Å². The second-order valence-corrected chi connectivity index (χ2v) is 9.38. The molecule has 2 aromatic heterocycles. The molecule has 0 saturated carbocycles. The van der Waals surface area contributed by atoms with Crippen LogP contribution in [-0.2, 0) is 16.9 Å². The summed E-state index contributed by atoms with van der Waals surface area (Å²) in [5.74, 6) is 0.494. The van der Waals surface area contributed by atoms with Crippen molar-refractivity contribution in [3.8, 4) is 11.1 Å². The molecule has 0 fully saturated rings. The van der Waals surface area contributed by atoms with Gasteiger partial charge in [-0.05, 0) is 30.3 Å². The number of rotatable bonds is 4. The van der Waals surface area contributed by atoms with Crippen molar-refractivity contribution >= 4 is 43.8 Å². The van der Waals surface area contributed by atoms with Gasteiger partial charge >= 0.3 is 0 Å². The van der Waals surface area contributed by atoms with Gasteiger partial charge in [0.2, 0.25) is 0 Å². The van der Waals surface area contributed by atoms with E-state index in [2.05, 4.69) is 10.3 Å². The van der Waals surface area contributed by atoms with Gasteiger partial charge in [-0.2, -0.15) is 0 Å². The van der Waals surface area contributed by atoms with Crippen LogP contribution in [0.1, 0.15) is 0 Å². The second-order valence-electron chi connectivity index (χ2n) is 6.96. The normalized spacial score (nSPS) is 11.6. The van der Waals surface area contributed by atoms with E-state index in [0.29, 0.717) is 33.2 Å². The van der Waals surface area contributed by atoms with E-state index < -0.39 is 9.84 Å². The average molecular weight is 440 g/mol. The van der Waals surface area contributed by atoms with Crippen LogP contribution in [0.25, 0.3) is 22.0 Å². The van der Waals surface area contributed by atoms with Crippen LogP contribution in [0.4, 0.5) is 11.5 Å². The first kappa shape index (κ1) is 20.1. The third kappa shape index (κ3) is 3.81. The number of nitrogens with zero attached hydrogens (tertiary/aromatic N) is 2. The number of aromatic nitrogens is 2. The smallest absolute Gasteiger partial charge is 0.258 e. The predicted molar refractivity (Wildman–Crippen MR) is 120 cm³/mol. The number of benzene rings is 2. The molecule has 1 N–H and O–H groups in total. The van der Waals surface area contributed by atoms with E-state index in [9.17, 15) is 13.2 Å². The first-order chi connectivity index (χ1) is 14.2.